The summed E-state index contributed by atoms with van der Waals surface area (Å²) in [6.45, 7) is 1.34. The second-order valence-corrected chi connectivity index (χ2v) is 7.61. The fourth-order valence-electron chi connectivity index (χ4n) is 3.14. The predicted molar refractivity (Wildman–Crippen MR) is 102 cm³/mol. The average Bonchev–Trinajstić information content (AvgIpc) is 3.42. The molecule has 4 rings (SSSR count). The summed E-state index contributed by atoms with van der Waals surface area (Å²) in [7, 11) is 1.83. The zero-order valence-electron chi connectivity index (χ0n) is 14.7. The van der Waals surface area contributed by atoms with E-state index in [0.717, 1.165) is 40.5 Å². The minimum absolute atomic E-state index is 0.0340. The number of ether oxygens (including phenoxy) is 1. The highest BCUT2D eigenvalue weighted by molar-refractivity contribution is 7.14. The Morgan fingerprint density at radius 2 is 2.15 bits per heavy atom. The molecule has 1 amide bonds. The zero-order valence-corrected chi connectivity index (χ0v) is 15.5. The van der Waals surface area contributed by atoms with Crippen LogP contribution in [0.15, 0.2) is 54.9 Å². The van der Waals surface area contributed by atoms with E-state index in [4.69, 9.17) is 4.74 Å². The number of aromatic nitrogens is 2. The van der Waals surface area contributed by atoms with Gasteiger partial charge in [0.15, 0.2) is 0 Å². The van der Waals surface area contributed by atoms with Gasteiger partial charge in [0.1, 0.15) is 0 Å². The molecule has 0 aliphatic carbocycles. The average molecular weight is 367 g/mol. The molecular weight excluding hydrogens is 346 g/mol. The summed E-state index contributed by atoms with van der Waals surface area (Å²) in [6.07, 6.45) is 6.07. The normalized spacial score (nSPS) is 16.7. The van der Waals surface area contributed by atoms with Crippen LogP contribution in [0.25, 0.3) is 5.69 Å². The van der Waals surface area contributed by atoms with Crippen LogP contribution in [0.2, 0.25) is 0 Å². The SMILES string of the molecule is CN(Cc1cnn(-c2ccccc2)c1)C(=O)c1ccc([C@@H]2CCCO2)s1. The molecule has 26 heavy (non-hydrogen) atoms. The Hall–Kier alpha value is -2.44. The highest BCUT2D eigenvalue weighted by Crippen LogP contribution is 2.33. The van der Waals surface area contributed by atoms with Crippen molar-refractivity contribution in [3.8, 4) is 5.69 Å². The molecule has 0 radical (unpaired) electrons. The lowest BCUT2D eigenvalue weighted by atomic mass is 10.2. The van der Waals surface area contributed by atoms with E-state index in [2.05, 4.69) is 5.10 Å². The number of carbonyl (C=O) groups excluding carboxylic acids is 1. The molecule has 3 aromatic rings. The summed E-state index contributed by atoms with van der Waals surface area (Å²) >= 11 is 1.54. The Morgan fingerprint density at radius 1 is 1.31 bits per heavy atom. The number of nitrogens with zero attached hydrogens (tertiary/aromatic N) is 3. The lowest BCUT2D eigenvalue weighted by molar-refractivity contribution is 0.0790. The number of rotatable bonds is 5. The number of amides is 1. The van der Waals surface area contributed by atoms with Gasteiger partial charge in [-0.15, -0.1) is 11.3 Å². The second kappa shape index (κ2) is 7.43. The van der Waals surface area contributed by atoms with Gasteiger partial charge in [-0.05, 0) is 37.1 Å². The molecule has 1 atom stereocenters. The fraction of sp³-hybridized carbons (Fsp3) is 0.300. The van der Waals surface area contributed by atoms with Crippen LogP contribution >= 0.6 is 11.3 Å². The van der Waals surface area contributed by atoms with Crippen molar-refractivity contribution in [2.24, 2.45) is 0 Å². The molecule has 1 aromatic carbocycles. The fourth-order valence-corrected chi connectivity index (χ4v) is 4.23. The van der Waals surface area contributed by atoms with Gasteiger partial charge in [-0.3, -0.25) is 4.79 Å². The molecule has 0 bridgehead atoms. The maximum absolute atomic E-state index is 12.7. The molecule has 1 fully saturated rings. The quantitative estimate of drug-likeness (QED) is 0.683. The first kappa shape index (κ1) is 17.0. The Kier molecular flexibility index (Phi) is 4.86. The van der Waals surface area contributed by atoms with Crippen molar-refractivity contribution in [1.29, 1.82) is 0 Å². The van der Waals surface area contributed by atoms with Crippen LogP contribution in [-0.4, -0.2) is 34.2 Å². The number of benzene rings is 1. The first-order valence-corrected chi connectivity index (χ1v) is 9.58. The Morgan fingerprint density at radius 3 is 2.92 bits per heavy atom. The molecular formula is C20H21N3O2S. The zero-order chi connectivity index (χ0) is 17.9. The lowest BCUT2D eigenvalue weighted by Gasteiger charge is -2.15. The van der Waals surface area contributed by atoms with Crippen molar-refractivity contribution >= 4 is 17.2 Å². The Bertz CT molecular complexity index is 881. The minimum Gasteiger partial charge on any atom is -0.373 e. The van der Waals surface area contributed by atoms with Gasteiger partial charge < -0.3 is 9.64 Å². The molecule has 2 aromatic heterocycles. The number of thiophene rings is 1. The highest BCUT2D eigenvalue weighted by Gasteiger charge is 2.22. The van der Waals surface area contributed by atoms with Gasteiger partial charge in [0.2, 0.25) is 0 Å². The van der Waals surface area contributed by atoms with E-state index in [1.165, 1.54) is 0 Å². The van der Waals surface area contributed by atoms with Crippen molar-refractivity contribution < 1.29 is 9.53 Å². The number of carbonyl (C=O) groups is 1. The predicted octanol–water partition coefficient (Wildman–Crippen LogP) is 4.06. The molecule has 5 nitrogen and oxygen atoms in total. The maximum atomic E-state index is 12.7. The van der Waals surface area contributed by atoms with Crippen LogP contribution < -0.4 is 0 Å². The first-order valence-electron chi connectivity index (χ1n) is 8.76. The molecule has 0 N–H and O–H groups in total. The third-order valence-corrected chi connectivity index (χ3v) is 5.67. The summed E-state index contributed by atoms with van der Waals surface area (Å²) in [4.78, 5) is 16.4. The van der Waals surface area contributed by atoms with E-state index in [0.29, 0.717) is 6.54 Å². The van der Waals surface area contributed by atoms with Gasteiger partial charge in [-0.1, -0.05) is 18.2 Å². The Balaban J connectivity index is 1.42. The summed E-state index contributed by atoms with van der Waals surface area (Å²) < 4.78 is 7.54. The summed E-state index contributed by atoms with van der Waals surface area (Å²) in [6, 6.07) is 13.9. The minimum atomic E-state index is 0.0340. The maximum Gasteiger partial charge on any atom is 0.263 e. The van der Waals surface area contributed by atoms with Crippen LogP contribution in [-0.2, 0) is 11.3 Å². The van der Waals surface area contributed by atoms with Crippen molar-refractivity contribution in [1.82, 2.24) is 14.7 Å². The number of hydrogen-bond acceptors (Lipinski definition) is 4. The van der Waals surface area contributed by atoms with E-state index in [1.807, 2.05) is 66.6 Å². The number of hydrogen-bond donors (Lipinski definition) is 0. The number of para-hydroxylation sites is 1. The van der Waals surface area contributed by atoms with Gasteiger partial charge in [0, 0.05) is 36.8 Å². The largest absolute Gasteiger partial charge is 0.373 e. The van der Waals surface area contributed by atoms with Gasteiger partial charge in [0.05, 0.1) is 22.9 Å². The first-order chi connectivity index (χ1) is 12.7. The third kappa shape index (κ3) is 3.57. The summed E-state index contributed by atoms with van der Waals surface area (Å²) in [5.41, 5.74) is 2.01. The van der Waals surface area contributed by atoms with Crippen molar-refractivity contribution in [2.45, 2.75) is 25.5 Å². The molecule has 0 spiro atoms. The molecule has 6 heteroatoms. The topological polar surface area (TPSA) is 47.4 Å². The molecule has 134 valence electrons. The molecule has 0 unspecified atom stereocenters. The monoisotopic (exact) mass is 367 g/mol. The standard InChI is InChI=1S/C20H21N3O2S/c1-22(13-15-12-21-23(14-15)16-6-3-2-4-7-16)20(24)19-10-9-18(26-19)17-8-5-11-25-17/h2-4,6-7,9-10,12,14,17H,5,8,11,13H2,1H3/t17-/m0/s1. The van der Waals surface area contributed by atoms with Crippen molar-refractivity contribution in [3.05, 3.63) is 70.2 Å². The van der Waals surface area contributed by atoms with Gasteiger partial charge in [-0.2, -0.15) is 5.10 Å². The van der Waals surface area contributed by atoms with Gasteiger partial charge in [0.25, 0.3) is 5.91 Å². The van der Waals surface area contributed by atoms with Crippen molar-refractivity contribution in [2.75, 3.05) is 13.7 Å². The van der Waals surface area contributed by atoms with Crippen molar-refractivity contribution in [3.63, 3.8) is 0 Å². The van der Waals surface area contributed by atoms with E-state index < -0.39 is 0 Å². The van der Waals surface area contributed by atoms with Crippen LogP contribution in [0, 0.1) is 0 Å². The molecule has 1 saturated heterocycles. The summed E-state index contributed by atoms with van der Waals surface area (Å²) in [5, 5.41) is 4.39. The summed E-state index contributed by atoms with van der Waals surface area (Å²) in [5.74, 6) is 0.0340. The van der Waals surface area contributed by atoms with E-state index in [1.54, 1.807) is 16.2 Å². The second-order valence-electron chi connectivity index (χ2n) is 6.49. The molecule has 3 heterocycles. The Labute approximate surface area is 156 Å². The highest BCUT2D eigenvalue weighted by atomic mass is 32.1. The third-order valence-electron chi connectivity index (χ3n) is 4.51. The van der Waals surface area contributed by atoms with E-state index in [-0.39, 0.29) is 12.0 Å². The molecule has 1 aliphatic heterocycles. The van der Waals surface area contributed by atoms with Crippen LogP contribution in [0.4, 0.5) is 0 Å². The van der Waals surface area contributed by atoms with E-state index in [9.17, 15) is 4.79 Å². The van der Waals surface area contributed by atoms with Crippen LogP contribution in [0.3, 0.4) is 0 Å². The van der Waals surface area contributed by atoms with Crippen LogP contribution in [0.1, 0.15) is 39.1 Å². The molecule has 1 aliphatic rings. The van der Waals surface area contributed by atoms with Crippen LogP contribution in [0.5, 0.6) is 0 Å². The molecule has 0 saturated carbocycles. The van der Waals surface area contributed by atoms with Gasteiger partial charge >= 0.3 is 0 Å². The smallest absolute Gasteiger partial charge is 0.263 e. The lowest BCUT2D eigenvalue weighted by Crippen LogP contribution is -2.25. The van der Waals surface area contributed by atoms with E-state index >= 15 is 0 Å². The van der Waals surface area contributed by atoms with Gasteiger partial charge in [-0.25, -0.2) is 4.68 Å².